The molecule has 0 aliphatic carbocycles. The van der Waals surface area contributed by atoms with Crippen LogP contribution in [-0.2, 0) is 15.9 Å². The summed E-state index contributed by atoms with van der Waals surface area (Å²) in [6.07, 6.45) is 2.60. The number of carbonyl (C=O) groups excluding carboxylic acids is 2. The van der Waals surface area contributed by atoms with Crippen molar-refractivity contribution < 1.29 is 37.0 Å². The van der Waals surface area contributed by atoms with Gasteiger partial charge in [-0.1, -0.05) is 0 Å². The Balaban J connectivity index is 1.25. The highest BCUT2D eigenvalue weighted by Crippen LogP contribution is 2.36. The number of aromatic nitrogens is 2. The number of alkyl halides is 2. The first kappa shape index (κ1) is 30.1. The Hall–Kier alpha value is -4.42. The summed E-state index contributed by atoms with van der Waals surface area (Å²) in [5.74, 6) is -2.11. The topological polar surface area (TPSA) is 120 Å². The Bertz CT molecular complexity index is 1570. The zero-order chi connectivity index (χ0) is 30.6. The first-order chi connectivity index (χ1) is 20.7. The van der Waals surface area contributed by atoms with Gasteiger partial charge in [0.1, 0.15) is 17.3 Å². The Morgan fingerprint density at radius 2 is 1.70 bits per heavy atom. The lowest BCUT2D eigenvalue weighted by atomic mass is 9.85. The lowest BCUT2D eigenvalue weighted by Crippen LogP contribution is -2.45. The molecule has 1 aliphatic heterocycles. The third-order valence-corrected chi connectivity index (χ3v) is 7.77. The fourth-order valence-electron chi connectivity index (χ4n) is 5.56. The predicted molar refractivity (Wildman–Crippen MR) is 151 cm³/mol. The van der Waals surface area contributed by atoms with Gasteiger partial charge in [0, 0.05) is 55.8 Å². The highest BCUT2D eigenvalue weighted by atomic mass is 19.3. The van der Waals surface area contributed by atoms with Crippen LogP contribution in [0.15, 0.2) is 66.9 Å². The van der Waals surface area contributed by atoms with Crippen LogP contribution in [-0.4, -0.2) is 59.5 Å². The van der Waals surface area contributed by atoms with Crippen molar-refractivity contribution in [3.05, 3.63) is 89.4 Å². The summed E-state index contributed by atoms with van der Waals surface area (Å²) in [4.78, 5) is 27.1. The lowest BCUT2D eigenvalue weighted by molar-refractivity contribution is -0.310. The van der Waals surface area contributed by atoms with Gasteiger partial charge in [-0.15, -0.1) is 0 Å². The van der Waals surface area contributed by atoms with E-state index in [1.165, 1.54) is 37.4 Å². The number of carbonyl (C=O) groups is 2. The molecule has 0 spiro atoms. The molecule has 1 saturated heterocycles. The molecule has 3 aromatic carbocycles. The number of methoxy groups -OCH3 is 1. The van der Waals surface area contributed by atoms with Crippen molar-refractivity contribution in [2.24, 2.45) is 11.7 Å². The number of hydrogen-bond donors (Lipinski definition) is 2. The Morgan fingerprint density at radius 1 is 1.05 bits per heavy atom. The van der Waals surface area contributed by atoms with Crippen LogP contribution in [0.25, 0.3) is 10.9 Å². The molecule has 1 aromatic heterocycles. The van der Waals surface area contributed by atoms with Crippen molar-refractivity contribution in [3.8, 4) is 11.5 Å². The van der Waals surface area contributed by atoms with Crippen molar-refractivity contribution in [1.29, 1.82) is 0 Å². The molecule has 0 saturated carbocycles. The van der Waals surface area contributed by atoms with E-state index in [0.29, 0.717) is 59.5 Å². The van der Waals surface area contributed by atoms with Gasteiger partial charge in [-0.3, -0.25) is 19.4 Å². The van der Waals surface area contributed by atoms with E-state index in [1.807, 2.05) is 0 Å². The molecular weight excluding hydrogens is 565 g/mol. The number of fused-ring (bicyclic) bond motifs is 1. The number of halogens is 3. The van der Waals surface area contributed by atoms with Gasteiger partial charge in [-0.2, -0.15) is 13.9 Å². The summed E-state index contributed by atoms with van der Waals surface area (Å²) in [6, 6.07) is 15.4. The van der Waals surface area contributed by atoms with Crippen LogP contribution in [0, 0.1) is 11.7 Å². The third-order valence-electron chi connectivity index (χ3n) is 7.77. The second-order valence-electron chi connectivity index (χ2n) is 10.5. The molecule has 9 nitrogen and oxygen atoms in total. The first-order valence-corrected chi connectivity index (χ1v) is 13.8. The number of rotatable bonds is 11. The average molecular weight is 597 g/mol. The van der Waals surface area contributed by atoms with Crippen molar-refractivity contribution in [1.82, 2.24) is 15.1 Å². The third kappa shape index (κ3) is 6.98. The van der Waals surface area contributed by atoms with Gasteiger partial charge in [0.2, 0.25) is 5.91 Å². The van der Waals surface area contributed by atoms with Gasteiger partial charge in [0.25, 0.3) is 5.91 Å². The standard InChI is InChI=1S/C31H31F3N4O5/c1-41-31(43-30(33)34,17-25-24(28(35)39)10-11-27-26(25)18-36-37-27)16-19-12-14-38(15-13-19)29(40)20-2-6-22(7-3-20)42-23-8-4-21(32)5-9-23/h2-11,18-19,30H,12-17H2,1H3,(H2,35,39)(H,36,37). The van der Waals surface area contributed by atoms with E-state index >= 15 is 0 Å². The second kappa shape index (κ2) is 12.8. The number of hydrogen-bond acceptors (Lipinski definition) is 6. The molecule has 2 amide bonds. The average Bonchev–Trinajstić information content (AvgIpc) is 3.48. The van der Waals surface area contributed by atoms with E-state index in [2.05, 4.69) is 10.2 Å². The fraction of sp³-hybridized carbons (Fsp3) is 0.323. The minimum absolute atomic E-state index is 0.102. The van der Waals surface area contributed by atoms with Gasteiger partial charge < -0.3 is 20.1 Å². The number of benzene rings is 3. The van der Waals surface area contributed by atoms with E-state index in [1.54, 1.807) is 41.4 Å². The largest absolute Gasteiger partial charge is 0.457 e. The van der Waals surface area contributed by atoms with Crippen LogP contribution in [0.3, 0.4) is 0 Å². The van der Waals surface area contributed by atoms with Crippen molar-refractivity contribution in [3.63, 3.8) is 0 Å². The molecule has 5 rings (SSSR count). The van der Waals surface area contributed by atoms with Gasteiger partial charge in [-0.05, 0) is 85.0 Å². The summed E-state index contributed by atoms with van der Waals surface area (Å²) in [5, 5.41) is 7.41. The van der Waals surface area contributed by atoms with Crippen LogP contribution in [0.4, 0.5) is 13.2 Å². The van der Waals surface area contributed by atoms with E-state index in [9.17, 15) is 22.8 Å². The van der Waals surface area contributed by atoms with E-state index in [4.69, 9.17) is 19.9 Å². The molecule has 3 N–H and O–H groups in total. The summed E-state index contributed by atoms with van der Waals surface area (Å²) in [7, 11) is 1.30. The highest BCUT2D eigenvalue weighted by Gasteiger charge is 2.40. The lowest BCUT2D eigenvalue weighted by Gasteiger charge is -2.39. The molecule has 226 valence electrons. The Morgan fingerprint density at radius 3 is 2.30 bits per heavy atom. The molecule has 1 fully saturated rings. The predicted octanol–water partition coefficient (Wildman–Crippen LogP) is 5.66. The molecule has 2 heterocycles. The number of nitrogens with one attached hydrogen (secondary N) is 1. The van der Waals surface area contributed by atoms with Gasteiger partial charge in [0.05, 0.1) is 5.52 Å². The van der Waals surface area contributed by atoms with Crippen LogP contribution < -0.4 is 10.5 Å². The van der Waals surface area contributed by atoms with Crippen molar-refractivity contribution in [2.75, 3.05) is 20.2 Å². The molecule has 1 unspecified atom stereocenters. The number of H-pyrrole nitrogens is 1. The quantitative estimate of drug-likeness (QED) is 0.216. The molecule has 1 atom stereocenters. The Kier molecular flexibility index (Phi) is 8.97. The zero-order valence-corrected chi connectivity index (χ0v) is 23.4. The Labute approximate surface area is 245 Å². The van der Waals surface area contributed by atoms with Crippen LogP contribution in [0.2, 0.25) is 0 Å². The number of piperidine rings is 1. The van der Waals surface area contributed by atoms with E-state index in [-0.39, 0.29) is 36.0 Å². The van der Waals surface area contributed by atoms with E-state index in [0.717, 1.165) is 0 Å². The highest BCUT2D eigenvalue weighted by molar-refractivity contribution is 6.00. The number of primary amides is 1. The molecule has 1 aliphatic rings. The fourth-order valence-corrected chi connectivity index (χ4v) is 5.56. The second-order valence-corrected chi connectivity index (χ2v) is 10.5. The summed E-state index contributed by atoms with van der Waals surface area (Å²) in [6.45, 7) is -2.30. The summed E-state index contributed by atoms with van der Waals surface area (Å²) in [5.41, 5.74) is 7.20. The first-order valence-electron chi connectivity index (χ1n) is 13.8. The summed E-state index contributed by atoms with van der Waals surface area (Å²) >= 11 is 0. The molecule has 0 radical (unpaired) electrons. The number of nitrogens with two attached hydrogens (primary N) is 1. The number of aromatic amines is 1. The number of likely N-dealkylation sites (tertiary alicyclic amines) is 1. The molecular formula is C31H31F3N4O5. The number of ether oxygens (including phenoxy) is 3. The maximum atomic E-state index is 13.7. The smallest absolute Gasteiger partial charge is 0.347 e. The minimum atomic E-state index is -3.13. The molecule has 0 bridgehead atoms. The van der Waals surface area contributed by atoms with Gasteiger partial charge >= 0.3 is 6.61 Å². The molecule has 12 heteroatoms. The van der Waals surface area contributed by atoms with Crippen LogP contribution >= 0.6 is 0 Å². The number of nitrogens with zero attached hydrogens (tertiary/aromatic N) is 2. The maximum absolute atomic E-state index is 13.7. The molecule has 43 heavy (non-hydrogen) atoms. The minimum Gasteiger partial charge on any atom is -0.457 e. The van der Waals surface area contributed by atoms with Crippen molar-refractivity contribution >= 4 is 22.7 Å². The normalized spacial score (nSPS) is 15.5. The van der Waals surface area contributed by atoms with Crippen molar-refractivity contribution in [2.45, 2.75) is 38.1 Å². The van der Waals surface area contributed by atoms with Gasteiger partial charge in [-0.25, -0.2) is 4.39 Å². The SMILES string of the molecule is COC(Cc1c(C(N)=O)ccc2n[nH]cc12)(CC1CCN(C(=O)c2ccc(Oc3ccc(F)cc3)cc2)CC1)OC(F)F. The van der Waals surface area contributed by atoms with Crippen LogP contribution in [0.1, 0.15) is 45.5 Å². The monoisotopic (exact) mass is 596 g/mol. The molecule has 4 aromatic rings. The maximum Gasteiger partial charge on any atom is 0.347 e. The van der Waals surface area contributed by atoms with Crippen LogP contribution in [0.5, 0.6) is 11.5 Å². The van der Waals surface area contributed by atoms with Gasteiger partial charge in [0.15, 0.2) is 5.79 Å². The number of amides is 2. The van der Waals surface area contributed by atoms with E-state index < -0.39 is 18.3 Å². The summed E-state index contributed by atoms with van der Waals surface area (Å²) < 4.78 is 57.0. The zero-order valence-electron chi connectivity index (χ0n) is 23.4.